The molecule has 0 amide bonds. The Morgan fingerprint density at radius 1 is 0.769 bits per heavy atom. The van der Waals surface area contributed by atoms with Gasteiger partial charge in [-0.3, -0.25) is 0 Å². The van der Waals surface area contributed by atoms with Gasteiger partial charge in [0.25, 0.3) is 0 Å². The van der Waals surface area contributed by atoms with E-state index in [9.17, 15) is 0 Å². The Morgan fingerprint density at radius 2 is 1.27 bits per heavy atom. The van der Waals surface area contributed by atoms with E-state index in [2.05, 4.69) is 62.6 Å². The van der Waals surface area contributed by atoms with Crippen molar-refractivity contribution in [2.45, 2.75) is 62.8 Å². The lowest BCUT2D eigenvalue weighted by molar-refractivity contribution is -0.931. The summed E-state index contributed by atoms with van der Waals surface area (Å²) >= 11 is 0. The Morgan fingerprint density at radius 3 is 1.81 bits per heavy atom. The number of quaternary nitrogens is 1. The maximum Gasteiger partial charge on any atom is 0.108 e. The first-order valence-corrected chi connectivity index (χ1v) is 10.3. The summed E-state index contributed by atoms with van der Waals surface area (Å²) in [6, 6.07) is 19.4. The molecular formula is C24H30NO+. The van der Waals surface area contributed by atoms with Crippen LogP contribution in [0.1, 0.15) is 54.0 Å². The molecule has 0 saturated carbocycles. The van der Waals surface area contributed by atoms with Gasteiger partial charge in [-0.15, -0.1) is 0 Å². The Bertz CT molecular complexity index is 748. The quantitative estimate of drug-likeness (QED) is 0.717. The van der Waals surface area contributed by atoms with Crippen LogP contribution in [0.25, 0.3) is 0 Å². The third-order valence-corrected chi connectivity index (χ3v) is 7.45. The highest BCUT2D eigenvalue weighted by atomic mass is 16.5. The van der Waals surface area contributed by atoms with Crippen LogP contribution in [0.15, 0.2) is 48.5 Å². The van der Waals surface area contributed by atoms with Crippen LogP contribution in [-0.2, 0) is 17.6 Å². The topological polar surface area (TPSA) is 9.23 Å². The number of fused-ring (bicyclic) bond motifs is 4. The minimum atomic E-state index is 0.100. The summed E-state index contributed by atoms with van der Waals surface area (Å²) in [6.07, 6.45) is 7.89. The van der Waals surface area contributed by atoms with Crippen molar-refractivity contribution in [2.75, 3.05) is 14.1 Å². The van der Waals surface area contributed by atoms with E-state index < -0.39 is 0 Å². The lowest BCUT2D eigenvalue weighted by Gasteiger charge is -2.44. The van der Waals surface area contributed by atoms with Crippen molar-refractivity contribution in [1.82, 2.24) is 0 Å². The first-order valence-electron chi connectivity index (χ1n) is 10.3. The summed E-state index contributed by atoms with van der Waals surface area (Å²) in [5, 5.41) is 0. The van der Waals surface area contributed by atoms with Gasteiger partial charge in [-0.1, -0.05) is 48.5 Å². The predicted molar refractivity (Wildman–Crippen MR) is 105 cm³/mol. The number of rotatable bonds is 2. The molecule has 0 aromatic heterocycles. The van der Waals surface area contributed by atoms with Gasteiger partial charge in [-0.2, -0.15) is 0 Å². The van der Waals surface area contributed by atoms with Crippen LogP contribution in [-0.4, -0.2) is 36.8 Å². The SMILES string of the molecule is C[N+]1(C)[C@H]2CC[C@H]1CC(OC1c3ccccc3CCc3ccccc31)C2. The molecule has 1 aliphatic carbocycles. The highest BCUT2D eigenvalue weighted by molar-refractivity contribution is 5.43. The number of hydrogen-bond acceptors (Lipinski definition) is 1. The van der Waals surface area contributed by atoms with E-state index in [1.807, 2.05) is 0 Å². The molecule has 0 spiro atoms. The first-order chi connectivity index (χ1) is 12.6. The van der Waals surface area contributed by atoms with E-state index in [4.69, 9.17) is 4.74 Å². The lowest BCUT2D eigenvalue weighted by Crippen LogP contribution is -2.56. The van der Waals surface area contributed by atoms with Crippen molar-refractivity contribution in [3.05, 3.63) is 70.8 Å². The summed E-state index contributed by atoms with van der Waals surface area (Å²) in [5.74, 6) is 0. The molecule has 2 saturated heterocycles. The molecule has 3 aliphatic rings. The second kappa shape index (κ2) is 6.21. The molecule has 2 fully saturated rings. The van der Waals surface area contributed by atoms with E-state index in [-0.39, 0.29) is 6.10 Å². The molecule has 0 radical (unpaired) electrons. The molecule has 2 heterocycles. The van der Waals surface area contributed by atoms with E-state index in [1.54, 1.807) is 0 Å². The highest BCUT2D eigenvalue weighted by Gasteiger charge is 2.49. The number of hydrogen-bond donors (Lipinski definition) is 0. The molecular weight excluding hydrogens is 318 g/mol. The van der Waals surface area contributed by atoms with Crippen LogP contribution in [0.4, 0.5) is 0 Å². The molecule has 26 heavy (non-hydrogen) atoms. The molecule has 2 heteroatoms. The van der Waals surface area contributed by atoms with E-state index in [0.717, 1.165) is 24.9 Å². The molecule has 0 N–H and O–H groups in total. The second-order valence-electron chi connectivity index (χ2n) is 9.02. The Labute approximate surface area is 157 Å². The van der Waals surface area contributed by atoms with Crippen molar-refractivity contribution < 1.29 is 9.22 Å². The number of nitrogens with zero attached hydrogens (tertiary/aromatic N) is 1. The average molecular weight is 349 g/mol. The van der Waals surface area contributed by atoms with Gasteiger partial charge in [0.15, 0.2) is 0 Å². The number of piperidine rings is 1. The number of benzene rings is 2. The fourth-order valence-electron chi connectivity index (χ4n) is 5.75. The van der Waals surface area contributed by atoms with Crippen molar-refractivity contribution in [3.8, 4) is 0 Å². The molecule has 2 atom stereocenters. The van der Waals surface area contributed by atoms with Crippen molar-refractivity contribution in [2.24, 2.45) is 0 Å². The summed E-state index contributed by atoms with van der Waals surface area (Å²) in [6.45, 7) is 0. The number of aryl methyl sites for hydroxylation is 2. The third kappa shape index (κ3) is 2.62. The molecule has 2 nitrogen and oxygen atoms in total. The normalized spacial score (nSPS) is 29.7. The monoisotopic (exact) mass is 348 g/mol. The van der Waals surface area contributed by atoms with E-state index >= 15 is 0 Å². The van der Waals surface area contributed by atoms with Gasteiger partial charge in [0, 0.05) is 25.7 Å². The van der Waals surface area contributed by atoms with Gasteiger partial charge in [-0.25, -0.2) is 0 Å². The summed E-state index contributed by atoms with van der Waals surface area (Å²) in [7, 11) is 4.85. The molecule has 2 aromatic carbocycles. The zero-order chi connectivity index (χ0) is 17.7. The van der Waals surface area contributed by atoms with Crippen LogP contribution in [0.3, 0.4) is 0 Å². The Kier molecular flexibility index (Phi) is 3.95. The minimum Gasteiger partial charge on any atom is -0.365 e. The minimum absolute atomic E-state index is 0.100. The zero-order valence-corrected chi connectivity index (χ0v) is 16.0. The van der Waals surface area contributed by atoms with Crippen LogP contribution < -0.4 is 0 Å². The molecule has 5 rings (SSSR count). The third-order valence-electron chi connectivity index (χ3n) is 7.45. The van der Waals surface area contributed by atoms with Crippen molar-refractivity contribution in [3.63, 3.8) is 0 Å². The van der Waals surface area contributed by atoms with E-state index in [0.29, 0.717) is 6.10 Å². The van der Waals surface area contributed by atoms with Crippen LogP contribution in [0.5, 0.6) is 0 Å². The molecule has 2 aliphatic heterocycles. The molecule has 2 aromatic rings. The van der Waals surface area contributed by atoms with Gasteiger partial charge < -0.3 is 9.22 Å². The predicted octanol–water partition coefficient (Wildman–Crippen LogP) is 4.66. The maximum absolute atomic E-state index is 6.93. The lowest BCUT2D eigenvalue weighted by atomic mass is 9.94. The highest BCUT2D eigenvalue weighted by Crippen LogP contribution is 2.43. The largest absolute Gasteiger partial charge is 0.365 e. The number of ether oxygens (including phenoxy) is 1. The Balaban J connectivity index is 1.49. The summed E-state index contributed by atoms with van der Waals surface area (Å²) in [5.41, 5.74) is 5.71. The van der Waals surface area contributed by atoms with E-state index in [1.165, 1.54) is 52.4 Å². The maximum atomic E-state index is 6.93. The molecule has 136 valence electrons. The van der Waals surface area contributed by atoms with Crippen molar-refractivity contribution in [1.29, 1.82) is 0 Å². The van der Waals surface area contributed by atoms with Gasteiger partial charge >= 0.3 is 0 Å². The molecule has 2 bridgehead atoms. The smallest absolute Gasteiger partial charge is 0.108 e. The molecule has 0 unspecified atom stereocenters. The first kappa shape index (κ1) is 16.5. The van der Waals surface area contributed by atoms with Gasteiger partial charge in [0.05, 0.1) is 32.3 Å². The average Bonchev–Trinajstić information content (AvgIpc) is 2.84. The fraction of sp³-hybridized carbons (Fsp3) is 0.500. The summed E-state index contributed by atoms with van der Waals surface area (Å²) in [4.78, 5) is 0. The van der Waals surface area contributed by atoms with Crippen LogP contribution >= 0.6 is 0 Å². The fourth-order valence-corrected chi connectivity index (χ4v) is 5.75. The zero-order valence-electron chi connectivity index (χ0n) is 16.0. The summed E-state index contributed by atoms with van der Waals surface area (Å²) < 4.78 is 8.14. The van der Waals surface area contributed by atoms with Gasteiger partial charge in [-0.05, 0) is 35.1 Å². The van der Waals surface area contributed by atoms with Crippen LogP contribution in [0, 0.1) is 0 Å². The standard InChI is InChI=1S/C24H30NO/c1-25(2)19-13-14-20(25)16-21(15-19)26-24-22-9-5-3-7-17(22)11-12-18-8-4-6-10-23(18)24/h3-10,19-21,24H,11-16H2,1-2H3/q+1/t19-,20-/m0/s1. The van der Waals surface area contributed by atoms with Gasteiger partial charge in [0.1, 0.15) is 6.10 Å². The Hall–Kier alpha value is -1.64. The van der Waals surface area contributed by atoms with Crippen molar-refractivity contribution >= 4 is 0 Å². The van der Waals surface area contributed by atoms with Gasteiger partial charge in [0.2, 0.25) is 0 Å². The second-order valence-corrected chi connectivity index (χ2v) is 9.02. The van der Waals surface area contributed by atoms with Crippen LogP contribution in [0.2, 0.25) is 0 Å².